The lowest BCUT2D eigenvalue weighted by Gasteiger charge is -2.25. The monoisotopic (exact) mass is 746 g/mol. The van der Waals surface area contributed by atoms with Gasteiger partial charge in [-0.05, 0) is 132 Å². The van der Waals surface area contributed by atoms with Gasteiger partial charge in [0, 0.05) is 55.7 Å². The van der Waals surface area contributed by atoms with Crippen molar-refractivity contribution in [3.63, 3.8) is 0 Å². The average Bonchev–Trinajstić information content (AvgIpc) is 3.83. The van der Waals surface area contributed by atoms with Gasteiger partial charge in [0.05, 0.1) is 9.40 Å². The number of aromatic nitrogens is 2. The van der Waals surface area contributed by atoms with Gasteiger partial charge in [-0.15, -0.1) is 22.7 Å². The Kier molecular flexibility index (Phi) is 7.00. The molecule has 0 saturated heterocycles. The summed E-state index contributed by atoms with van der Waals surface area (Å²) in [5.41, 5.74) is 17.2. The number of hydrogen-bond donors (Lipinski definition) is 0. The summed E-state index contributed by atoms with van der Waals surface area (Å²) in [4.78, 5) is 8.83. The molecule has 0 amide bonds. The Balaban J connectivity index is 1.15. The summed E-state index contributed by atoms with van der Waals surface area (Å²) in [6.07, 6.45) is 7.77. The van der Waals surface area contributed by atoms with Crippen molar-refractivity contribution in [1.29, 1.82) is 0 Å². The summed E-state index contributed by atoms with van der Waals surface area (Å²) in [7, 11) is 0. The minimum atomic E-state index is 1.19. The zero-order valence-electron chi connectivity index (χ0n) is 30.0. The summed E-state index contributed by atoms with van der Waals surface area (Å²) in [6.45, 7) is 0. The Morgan fingerprint density at radius 2 is 0.714 bits per heavy atom. The topological polar surface area (TPSA) is 25.8 Å². The van der Waals surface area contributed by atoms with E-state index in [0.29, 0.717) is 0 Å². The van der Waals surface area contributed by atoms with Crippen molar-refractivity contribution in [2.45, 2.75) is 0 Å². The zero-order valence-corrected chi connectivity index (χ0v) is 31.7. The zero-order chi connectivity index (χ0) is 36.7. The van der Waals surface area contributed by atoms with Crippen molar-refractivity contribution >= 4 is 63.0 Å². The molecule has 0 aliphatic heterocycles. The number of hydrogen-bond acceptors (Lipinski definition) is 4. The van der Waals surface area contributed by atoms with E-state index in [9.17, 15) is 0 Å². The molecule has 0 fully saturated rings. The minimum Gasteiger partial charge on any atom is -0.263 e. The predicted molar refractivity (Wildman–Crippen MR) is 239 cm³/mol. The highest BCUT2D eigenvalue weighted by atomic mass is 32.1. The molecule has 4 heteroatoms. The summed E-state index contributed by atoms with van der Waals surface area (Å²) in [5.74, 6) is 0. The SMILES string of the molecule is c1ccc2c(c1)-c1ccccc1-c1cccc(-c3cc(-c4ccc5sc6cnccc6c5c4)cc(-c4ccc5sc6cnccc6c5c4)c3)c1-c1ccccc1-2. The van der Waals surface area contributed by atoms with E-state index in [-0.39, 0.29) is 0 Å². The van der Waals surface area contributed by atoms with Crippen LogP contribution in [0.25, 0.3) is 118 Å². The Labute approximate surface area is 331 Å². The second-order valence-electron chi connectivity index (χ2n) is 14.5. The predicted octanol–water partition coefficient (Wildman–Crippen LogP) is 15.2. The number of pyridine rings is 2. The van der Waals surface area contributed by atoms with Crippen LogP contribution in [0.3, 0.4) is 0 Å². The first-order chi connectivity index (χ1) is 27.7. The van der Waals surface area contributed by atoms with E-state index in [4.69, 9.17) is 0 Å². The van der Waals surface area contributed by atoms with Crippen molar-refractivity contribution in [3.8, 4) is 77.9 Å². The van der Waals surface area contributed by atoms with Crippen LogP contribution in [-0.2, 0) is 0 Å². The van der Waals surface area contributed by atoms with Crippen molar-refractivity contribution in [2.75, 3.05) is 0 Å². The summed E-state index contributed by atoms with van der Waals surface area (Å²) in [6, 6.07) is 58.9. The third-order valence-corrected chi connectivity index (χ3v) is 13.7. The van der Waals surface area contributed by atoms with Crippen LogP contribution in [0.2, 0.25) is 0 Å². The van der Waals surface area contributed by atoms with Gasteiger partial charge in [0.25, 0.3) is 0 Å². The Morgan fingerprint density at radius 1 is 0.286 bits per heavy atom. The molecule has 0 N–H and O–H groups in total. The van der Waals surface area contributed by atoms with Gasteiger partial charge >= 0.3 is 0 Å². The fourth-order valence-electron chi connectivity index (χ4n) is 8.89. The number of benzene rings is 7. The van der Waals surface area contributed by atoms with Crippen LogP contribution in [0.15, 0.2) is 183 Å². The second kappa shape index (κ2) is 12.4. The van der Waals surface area contributed by atoms with Gasteiger partial charge in [0.2, 0.25) is 0 Å². The lowest BCUT2D eigenvalue weighted by Crippen LogP contribution is -1.99. The first-order valence-corrected chi connectivity index (χ1v) is 20.5. The third kappa shape index (κ3) is 4.86. The lowest BCUT2D eigenvalue weighted by molar-refractivity contribution is 1.37. The summed E-state index contributed by atoms with van der Waals surface area (Å²) >= 11 is 3.61. The van der Waals surface area contributed by atoms with Gasteiger partial charge in [-0.25, -0.2) is 0 Å². The molecule has 2 nitrogen and oxygen atoms in total. The molecule has 0 radical (unpaired) electrons. The smallest absolute Gasteiger partial charge is 0.0538 e. The molecule has 12 rings (SSSR count). The molecule has 0 bridgehead atoms. The quantitative estimate of drug-likeness (QED) is 0.180. The summed E-state index contributed by atoms with van der Waals surface area (Å²) in [5, 5.41) is 5.04. The van der Waals surface area contributed by atoms with E-state index in [1.165, 1.54) is 118 Å². The number of rotatable bonds is 3. The van der Waals surface area contributed by atoms with E-state index in [0.717, 1.165) is 0 Å². The maximum Gasteiger partial charge on any atom is 0.0538 e. The molecule has 11 aromatic rings. The van der Waals surface area contributed by atoms with Crippen molar-refractivity contribution in [1.82, 2.24) is 9.97 Å². The molecule has 1 aliphatic rings. The highest BCUT2D eigenvalue weighted by Crippen LogP contribution is 2.51. The Morgan fingerprint density at radius 3 is 1.25 bits per heavy atom. The molecule has 260 valence electrons. The van der Waals surface area contributed by atoms with E-state index < -0.39 is 0 Å². The Hall–Kier alpha value is -6.72. The van der Waals surface area contributed by atoms with Crippen molar-refractivity contribution < 1.29 is 0 Å². The number of fused-ring (bicyclic) bond motifs is 14. The normalized spacial score (nSPS) is 11.9. The number of nitrogens with zero attached hydrogens (tertiary/aromatic N) is 2. The molecule has 4 heterocycles. The molecule has 0 spiro atoms. The third-order valence-electron chi connectivity index (χ3n) is 11.4. The highest BCUT2D eigenvalue weighted by Gasteiger charge is 2.24. The minimum absolute atomic E-state index is 1.19. The van der Waals surface area contributed by atoms with Crippen LogP contribution >= 0.6 is 22.7 Å². The van der Waals surface area contributed by atoms with E-state index in [2.05, 4.69) is 168 Å². The van der Waals surface area contributed by atoms with E-state index in [1.807, 2.05) is 24.8 Å². The van der Waals surface area contributed by atoms with E-state index in [1.54, 1.807) is 22.7 Å². The molecular formula is C52H30N2S2. The summed E-state index contributed by atoms with van der Waals surface area (Å²) < 4.78 is 4.97. The number of thiophene rings is 2. The molecule has 0 atom stereocenters. The molecule has 56 heavy (non-hydrogen) atoms. The molecule has 0 unspecified atom stereocenters. The fourth-order valence-corrected chi connectivity index (χ4v) is 11.0. The largest absolute Gasteiger partial charge is 0.263 e. The van der Waals surface area contributed by atoms with E-state index >= 15 is 0 Å². The van der Waals surface area contributed by atoms with Crippen molar-refractivity contribution in [2.24, 2.45) is 0 Å². The van der Waals surface area contributed by atoms with Gasteiger partial charge in [0.1, 0.15) is 0 Å². The molecule has 1 aliphatic carbocycles. The molecular weight excluding hydrogens is 717 g/mol. The van der Waals surface area contributed by atoms with Crippen LogP contribution in [0.5, 0.6) is 0 Å². The van der Waals surface area contributed by atoms with Gasteiger partial charge in [-0.2, -0.15) is 0 Å². The first kappa shape index (κ1) is 31.6. The van der Waals surface area contributed by atoms with Crippen molar-refractivity contribution in [3.05, 3.63) is 183 Å². The standard InChI is InChI=1S/C52H30N2S2/c1-2-9-38-37(8-1)39-10-3-4-11-41(39)45-15-7-14-36(52(45)44-13-6-5-12-40(38)44)35-25-33(31-16-18-48-46(27-31)42-20-22-53-29-50(42)55-48)24-34(26-35)32-17-19-49-47(28-32)43-21-23-54-30-51(43)56-49/h1-30H. The fraction of sp³-hybridized carbons (Fsp3) is 0. The molecule has 7 aromatic carbocycles. The van der Waals surface area contributed by atoms with Crippen LogP contribution in [0.4, 0.5) is 0 Å². The van der Waals surface area contributed by atoms with Crippen LogP contribution in [0.1, 0.15) is 0 Å². The van der Waals surface area contributed by atoms with Gasteiger partial charge in [-0.3, -0.25) is 9.97 Å². The molecule has 4 aromatic heterocycles. The van der Waals surface area contributed by atoms with Gasteiger partial charge in [0.15, 0.2) is 0 Å². The highest BCUT2D eigenvalue weighted by molar-refractivity contribution is 7.26. The van der Waals surface area contributed by atoms with Gasteiger partial charge in [-0.1, -0.05) is 103 Å². The second-order valence-corrected chi connectivity index (χ2v) is 16.7. The lowest BCUT2D eigenvalue weighted by atomic mass is 9.78. The maximum absolute atomic E-state index is 4.41. The van der Waals surface area contributed by atoms with Crippen LogP contribution in [0, 0.1) is 0 Å². The average molecular weight is 747 g/mol. The first-order valence-electron chi connectivity index (χ1n) is 18.9. The maximum atomic E-state index is 4.41. The van der Waals surface area contributed by atoms with Crippen LogP contribution in [-0.4, -0.2) is 9.97 Å². The molecule has 0 saturated carbocycles. The van der Waals surface area contributed by atoms with Crippen LogP contribution < -0.4 is 0 Å². The Bertz CT molecular complexity index is 3250. The van der Waals surface area contributed by atoms with Gasteiger partial charge < -0.3 is 0 Å².